The van der Waals surface area contributed by atoms with Crippen molar-refractivity contribution in [2.45, 2.75) is 20.8 Å². The molecular formula is C18H19N3O. The van der Waals surface area contributed by atoms with E-state index in [0.717, 1.165) is 22.4 Å². The number of nitrogens with two attached hydrogens (primary N) is 1. The molecule has 0 saturated carbocycles. The van der Waals surface area contributed by atoms with Gasteiger partial charge in [-0.1, -0.05) is 32.9 Å². The number of anilines is 1. The van der Waals surface area contributed by atoms with Gasteiger partial charge in [0.15, 0.2) is 5.78 Å². The summed E-state index contributed by atoms with van der Waals surface area (Å²) in [5.41, 5.74) is 9.43. The van der Waals surface area contributed by atoms with Gasteiger partial charge in [-0.05, 0) is 30.3 Å². The van der Waals surface area contributed by atoms with Crippen LogP contribution in [0.1, 0.15) is 31.1 Å². The van der Waals surface area contributed by atoms with Crippen LogP contribution in [-0.4, -0.2) is 15.8 Å². The Kier molecular flexibility index (Phi) is 3.24. The SMILES string of the molecule is CC(C)(C)C(=O)c1ccc2nc(-c3cccc(N)c3)[nH]c2c1. The monoisotopic (exact) mass is 293 g/mol. The van der Waals surface area contributed by atoms with Gasteiger partial charge < -0.3 is 10.7 Å². The summed E-state index contributed by atoms with van der Waals surface area (Å²) in [6.45, 7) is 5.76. The number of imidazole rings is 1. The molecule has 2 aromatic carbocycles. The summed E-state index contributed by atoms with van der Waals surface area (Å²) in [5, 5.41) is 0. The van der Waals surface area contributed by atoms with Gasteiger partial charge in [-0.15, -0.1) is 0 Å². The highest BCUT2D eigenvalue weighted by Gasteiger charge is 2.23. The maximum absolute atomic E-state index is 12.4. The van der Waals surface area contributed by atoms with Crippen molar-refractivity contribution in [3.05, 3.63) is 48.0 Å². The van der Waals surface area contributed by atoms with E-state index in [-0.39, 0.29) is 5.78 Å². The predicted octanol–water partition coefficient (Wildman–Crippen LogP) is 4.04. The number of hydrogen-bond donors (Lipinski definition) is 2. The molecular weight excluding hydrogens is 274 g/mol. The lowest BCUT2D eigenvalue weighted by atomic mass is 9.86. The minimum atomic E-state index is -0.398. The summed E-state index contributed by atoms with van der Waals surface area (Å²) >= 11 is 0. The largest absolute Gasteiger partial charge is 0.399 e. The Morgan fingerprint density at radius 2 is 1.91 bits per heavy atom. The number of ketones is 1. The van der Waals surface area contributed by atoms with Gasteiger partial charge in [0.1, 0.15) is 5.82 Å². The lowest BCUT2D eigenvalue weighted by molar-refractivity contribution is 0.0858. The fourth-order valence-electron chi connectivity index (χ4n) is 2.41. The first-order chi connectivity index (χ1) is 10.3. The molecule has 3 N–H and O–H groups in total. The maximum atomic E-state index is 12.4. The molecule has 1 heterocycles. The van der Waals surface area contributed by atoms with Crippen molar-refractivity contribution in [3.63, 3.8) is 0 Å². The number of nitrogen functional groups attached to an aromatic ring is 1. The van der Waals surface area contributed by atoms with Gasteiger partial charge in [-0.25, -0.2) is 4.98 Å². The zero-order chi connectivity index (χ0) is 15.9. The van der Waals surface area contributed by atoms with E-state index >= 15 is 0 Å². The first-order valence-electron chi connectivity index (χ1n) is 7.25. The van der Waals surface area contributed by atoms with Crippen molar-refractivity contribution in [1.82, 2.24) is 9.97 Å². The number of aromatic amines is 1. The third-order valence-electron chi connectivity index (χ3n) is 3.59. The Bertz CT molecular complexity index is 856. The van der Waals surface area contributed by atoms with E-state index in [1.54, 1.807) is 0 Å². The number of carbonyl (C=O) groups excluding carboxylic acids is 1. The molecule has 1 aromatic heterocycles. The van der Waals surface area contributed by atoms with E-state index < -0.39 is 5.41 Å². The first-order valence-corrected chi connectivity index (χ1v) is 7.25. The molecule has 0 aliphatic carbocycles. The van der Waals surface area contributed by atoms with Crippen LogP contribution in [0.2, 0.25) is 0 Å². The van der Waals surface area contributed by atoms with Crippen LogP contribution in [0.25, 0.3) is 22.4 Å². The van der Waals surface area contributed by atoms with Gasteiger partial charge >= 0.3 is 0 Å². The fourth-order valence-corrected chi connectivity index (χ4v) is 2.41. The average molecular weight is 293 g/mol. The molecule has 22 heavy (non-hydrogen) atoms. The summed E-state index contributed by atoms with van der Waals surface area (Å²) in [6.07, 6.45) is 0. The molecule has 3 aromatic rings. The molecule has 0 aliphatic rings. The van der Waals surface area contributed by atoms with E-state index in [1.165, 1.54) is 0 Å². The summed E-state index contributed by atoms with van der Waals surface area (Å²) in [5.74, 6) is 0.872. The molecule has 0 saturated heterocycles. The Hall–Kier alpha value is -2.62. The number of nitrogens with zero attached hydrogens (tertiary/aromatic N) is 1. The van der Waals surface area contributed by atoms with Gasteiger partial charge in [-0.3, -0.25) is 4.79 Å². The lowest BCUT2D eigenvalue weighted by Crippen LogP contribution is -2.19. The lowest BCUT2D eigenvalue weighted by Gasteiger charge is -2.16. The number of nitrogens with one attached hydrogen (secondary N) is 1. The second-order valence-corrected chi connectivity index (χ2v) is 6.52. The van der Waals surface area contributed by atoms with Crippen LogP contribution >= 0.6 is 0 Å². The summed E-state index contributed by atoms with van der Waals surface area (Å²) < 4.78 is 0. The van der Waals surface area contributed by atoms with Crippen molar-refractivity contribution in [2.75, 3.05) is 5.73 Å². The Balaban J connectivity index is 2.06. The molecule has 0 bridgehead atoms. The second kappa shape index (κ2) is 4.98. The Labute approximate surface area is 129 Å². The summed E-state index contributed by atoms with van der Waals surface area (Å²) in [7, 11) is 0. The third kappa shape index (κ3) is 2.60. The number of Topliss-reactive ketones (excluding diaryl/α,β-unsaturated/α-hetero) is 1. The van der Waals surface area contributed by atoms with E-state index in [9.17, 15) is 4.79 Å². The average Bonchev–Trinajstić information content (AvgIpc) is 2.88. The van der Waals surface area contributed by atoms with E-state index in [0.29, 0.717) is 11.3 Å². The van der Waals surface area contributed by atoms with E-state index in [4.69, 9.17) is 5.73 Å². The molecule has 3 rings (SSSR count). The van der Waals surface area contributed by atoms with E-state index in [1.807, 2.05) is 63.2 Å². The van der Waals surface area contributed by atoms with Crippen LogP contribution in [0.5, 0.6) is 0 Å². The number of hydrogen-bond acceptors (Lipinski definition) is 3. The molecule has 0 unspecified atom stereocenters. The van der Waals surface area contributed by atoms with Gasteiger partial charge in [-0.2, -0.15) is 0 Å². The van der Waals surface area contributed by atoms with Crippen molar-refractivity contribution in [3.8, 4) is 11.4 Å². The minimum absolute atomic E-state index is 0.120. The van der Waals surface area contributed by atoms with Gasteiger partial charge in [0.2, 0.25) is 0 Å². The molecule has 0 aliphatic heterocycles. The Morgan fingerprint density at radius 3 is 2.59 bits per heavy atom. The van der Waals surface area contributed by atoms with Gasteiger partial charge in [0, 0.05) is 22.2 Å². The molecule has 0 amide bonds. The van der Waals surface area contributed by atoms with Crippen LogP contribution in [0, 0.1) is 5.41 Å². The fraction of sp³-hybridized carbons (Fsp3) is 0.222. The zero-order valence-corrected chi connectivity index (χ0v) is 13.0. The number of benzene rings is 2. The Morgan fingerprint density at radius 1 is 1.14 bits per heavy atom. The van der Waals surface area contributed by atoms with E-state index in [2.05, 4.69) is 9.97 Å². The minimum Gasteiger partial charge on any atom is -0.399 e. The van der Waals surface area contributed by atoms with Crippen LogP contribution in [0.15, 0.2) is 42.5 Å². The molecule has 0 radical (unpaired) electrons. The van der Waals surface area contributed by atoms with Crippen LogP contribution in [0.4, 0.5) is 5.69 Å². The van der Waals surface area contributed by atoms with Crippen molar-refractivity contribution >= 4 is 22.5 Å². The summed E-state index contributed by atoms with van der Waals surface area (Å²) in [4.78, 5) is 20.2. The quantitative estimate of drug-likeness (QED) is 0.553. The smallest absolute Gasteiger partial charge is 0.168 e. The molecule has 0 spiro atoms. The second-order valence-electron chi connectivity index (χ2n) is 6.52. The van der Waals surface area contributed by atoms with Crippen LogP contribution in [0.3, 0.4) is 0 Å². The van der Waals surface area contributed by atoms with Crippen molar-refractivity contribution in [1.29, 1.82) is 0 Å². The molecule has 4 nitrogen and oxygen atoms in total. The number of aromatic nitrogens is 2. The van der Waals surface area contributed by atoms with Crippen molar-refractivity contribution in [2.24, 2.45) is 5.41 Å². The van der Waals surface area contributed by atoms with Crippen LogP contribution < -0.4 is 5.73 Å². The summed E-state index contributed by atoms with van der Waals surface area (Å²) in [6, 6.07) is 13.1. The zero-order valence-electron chi connectivity index (χ0n) is 13.0. The maximum Gasteiger partial charge on any atom is 0.168 e. The number of H-pyrrole nitrogens is 1. The number of carbonyl (C=O) groups is 1. The highest BCUT2D eigenvalue weighted by molar-refractivity contribution is 6.02. The molecule has 112 valence electrons. The van der Waals surface area contributed by atoms with Gasteiger partial charge in [0.05, 0.1) is 11.0 Å². The third-order valence-corrected chi connectivity index (χ3v) is 3.59. The molecule has 4 heteroatoms. The highest BCUT2D eigenvalue weighted by Crippen LogP contribution is 2.26. The topological polar surface area (TPSA) is 71.8 Å². The normalized spacial score (nSPS) is 11.8. The predicted molar refractivity (Wildman–Crippen MR) is 89.7 cm³/mol. The van der Waals surface area contributed by atoms with Gasteiger partial charge in [0.25, 0.3) is 0 Å². The first kappa shape index (κ1) is 14.3. The highest BCUT2D eigenvalue weighted by atomic mass is 16.1. The van der Waals surface area contributed by atoms with Crippen molar-refractivity contribution < 1.29 is 4.79 Å². The number of rotatable bonds is 2. The molecule has 0 atom stereocenters. The molecule has 0 fully saturated rings. The standard InChI is InChI=1S/C18H19N3O/c1-18(2,3)16(22)11-7-8-14-15(10-11)21-17(20-14)12-5-4-6-13(19)9-12/h4-10H,19H2,1-3H3,(H,20,21). The van der Waals surface area contributed by atoms with Crippen LogP contribution in [-0.2, 0) is 0 Å². The number of fused-ring (bicyclic) bond motifs is 1.